The Balaban J connectivity index is 1.65. The molecule has 0 atom stereocenters. The number of benzene rings is 3. The van der Waals surface area contributed by atoms with Crippen LogP contribution in [0.2, 0.25) is 0 Å². The van der Waals surface area contributed by atoms with Crippen molar-refractivity contribution in [3.8, 4) is 5.75 Å². The van der Waals surface area contributed by atoms with Crippen LogP contribution in [0.5, 0.6) is 5.75 Å². The third kappa shape index (κ3) is 5.58. The maximum absolute atomic E-state index is 12.6. The SMILES string of the molecule is Cc1ccc(S(=O)(=O)Nc2ccc(OCc3ccc(C(F)(F)F)cc3)cc2)cc1C(=O)O. The van der Waals surface area contributed by atoms with E-state index in [2.05, 4.69) is 4.72 Å². The van der Waals surface area contributed by atoms with Gasteiger partial charge in [-0.3, -0.25) is 4.72 Å². The lowest BCUT2D eigenvalue weighted by Gasteiger charge is -2.11. The fraction of sp³-hybridized carbons (Fsp3) is 0.136. The minimum atomic E-state index is -4.41. The summed E-state index contributed by atoms with van der Waals surface area (Å²) in [5.74, 6) is -0.842. The number of sulfonamides is 1. The smallest absolute Gasteiger partial charge is 0.416 e. The summed E-state index contributed by atoms with van der Waals surface area (Å²) < 4.78 is 70.8. The Hall–Kier alpha value is -3.53. The maximum atomic E-state index is 12.6. The predicted octanol–water partition coefficient (Wildman–Crippen LogP) is 5.09. The van der Waals surface area contributed by atoms with Crippen molar-refractivity contribution in [2.75, 3.05) is 4.72 Å². The Morgan fingerprint density at radius 3 is 2.19 bits per heavy atom. The van der Waals surface area contributed by atoms with Crippen LogP contribution in [0.3, 0.4) is 0 Å². The van der Waals surface area contributed by atoms with E-state index in [9.17, 15) is 31.5 Å². The van der Waals surface area contributed by atoms with Gasteiger partial charge in [0.1, 0.15) is 12.4 Å². The molecular formula is C22H18F3NO5S. The number of aromatic carboxylic acids is 1. The zero-order chi connectivity index (χ0) is 23.5. The number of aryl methyl sites for hydroxylation is 1. The van der Waals surface area contributed by atoms with Crippen molar-refractivity contribution in [2.45, 2.75) is 24.6 Å². The van der Waals surface area contributed by atoms with E-state index in [-0.39, 0.29) is 22.8 Å². The van der Waals surface area contributed by atoms with Crippen molar-refractivity contribution in [1.82, 2.24) is 0 Å². The number of carboxylic acids is 1. The Labute approximate surface area is 182 Å². The van der Waals surface area contributed by atoms with Gasteiger partial charge in [0.15, 0.2) is 0 Å². The highest BCUT2D eigenvalue weighted by Crippen LogP contribution is 2.29. The lowest BCUT2D eigenvalue weighted by Crippen LogP contribution is -2.14. The number of carbonyl (C=O) groups is 1. The van der Waals surface area contributed by atoms with Gasteiger partial charge in [-0.05, 0) is 66.6 Å². The number of anilines is 1. The van der Waals surface area contributed by atoms with Crippen molar-refractivity contribution >= 4 is 21.7 Å². The predicted molar refractivity (Wildman–Crippen MR) is 111 cm³/mol. The molecule has 10 heteroatoms. The van der Waals surface area contributed by atoms with E-state index in [0.717, 1.165) is 18.2 Å². The first kappa shape index (κ1) is 23.1. The van der Waals surface area contributed by atoms with Gasteiger partial charge in [-0.15, -0.1) is 0 Å². The van der Waals surface area contributed by atoms with Crippen LogP contribution in [0, 0.1) is 6.92 Å². The average Bonchev–Trinajstić information content (AvgIpc) is 2.72. The lowest BCUT2D eigenvalue weighted by atomic mass is 10.1. The van der Waals surface area contributed by atoms with Crippen LogP contribution in [-0.4, -0.2) is 19.5 Å². The number of rotatable bonds is 7. The lowest BCUT2D eigenvalue weighted by molar-refractivity contribution is -0.137. The van der Waals surface area contributed by atoms with E-state index < -0.39 is 27.7 Å². The number of hydrogen-bond donors (Lipinski definition) is 2. The molecule has 0 heterocycles. The normalized spacial score (nSPS) is 11.8. The molecule has 0 aliphatic heterocycles. The van der Waals surface area contributed by atoms with E-state index >= 15 is 0 Å². The number of hydrogen-bond acceptors (Lipinski definition) is 4. The fourth-order valence-electron chi connectivity index (χ4n) is 2.79. The van der Waals surface area contributed by atoms with E-state index in [1.54, 1.807) is 6.92 Å². The molecule has 0 aliphatic rings. The summed E-state index contributed by atoms with van der Waals surface area (Å²) in [6.07, 6.45) is -4.41. The second kappa shape index (κ2) is 8.91. The summed E-state index contributed by atoms with van der Waals surface area (Å²) in [6, 6.07) is 14.3. The van der Waals surface area contributed by atoms with Gasteiger partial charge in [-0.1, -0.05) is 18.2 Å². The van der Waals surface area contributed by atoms with Crippen LogP contribution >= 0.6 is 0 Å². The summed E-state index contributed by atoms with van der Waals surface area (Å²) in [5, 5.41) is 9.18. The van der Waals surface area contributed by atoms with Crippen LogP contribution in [0.4, 0.5) is 18.9 Å². The van der Waals surface area contributed by atoms with Crippen LogP contribution in [-0.2, 0) is 22.8 Å². The molecule has 3 aromatic rings. The highest BCUT2D eigenvalue weighted by Gasteiger charge is 2.29. The van der Waals surface area contributed by atoms with Crippen molar-refractivity contribution in [2.24, 2.45) is 0 Å². The highest BCUT2D eigenvalue weighted by molar-refractivity contribution is 7.92. The van der Waals surface area contributed by atoms with Gasteiger partial charge in [-0.25, -0.2) is 13.2 Å². The van der Waals surface area contributed by atoms with Gasteiger partial charge in [0, 0.05) is 5.69 Å². The molecule has 6 nitrogen and oxygen atoms in total. The molecule has 168 valence electrons. The first-order valence-electron chi connectivity index (χ1n) is 9.21. The van der Waals surface area contributed by atoms with E-state index in [4.69, 9.17) is 4.74 Å². The third-order valence-corrected chi connectivity index (χ3v) is 5.92. The van der Waals surface area contributed by atoms with E-state index in [1.807, 2.05) is 0 Å². The number of halogens is 3. The molecule has 0 amide bonds. The topological polar surface area (TPSA) is 92.7 Å². The number of carboxylic acid groups (broad SMARTS) is 1. The highest BCUT2D eigenvalue weighted by atomic mass is 32.2. The zero-order valence-corrected chi connectivity index (χ0v) is 17.5. The number of nitrogens with one attached hydrogen (secondary N) is 1. The molecule has 0 saturated carbocycles. The molecule has 0 radical (unpaired) electrons. The first-order chi connectivity index (χ1) is 15.0. The summed E-state index contributed by atoms with van der Waals surface area (Å²) in [7, 11) is -4.02. The number of alkyl halides is 3. The van der Waals surface area contributed by atoms with Crippen LogP contribution in [0.15, 0.2) is 71.6 Å². The molecule has 0 spiro atoms. The molecular weight excluding hydrogens is 447 g/mol. The summed E-state index contributed by atoms with van der Waals surface area (Å²) in [5.41, 5.74) is 0.341. The van der Waals surface area contributed by atoms with E-state index in [0.29, 0.717) is 16.9 Å². The maximum Gasteiger partial charge on any atom is 0.416 e. The third-order valence-electron chi connectivity index (χ3n) is 4.54. The standard InChI is InChI=1S/C22H18F3NO5S/c1-14-2-11-19(12-20(14)21(27)28)32(29,30)26-17-7-9-18(10-8-17)31-13-15-3-5-16(6-4-15)22(23,24)25/h2-12,26H,13H2,1H3,(H,27,28). The Bertz CT molecular complexity index is 1220. The molecule has 3 aromatic carbocycles. The molecule has 32 heavy (non-hydrogen) atoms. The van der Waals surface area contributed by atoms with Crippen LogP contribution in [0.1, 0.15) is 27.0 Å². The van der Waals surface area contributed by atoms with Crippen LogP contribution in [0.25, 0.3) is 0 Å². The molecule has 2 N–H and O–H groups in total. The summed E-state index contributed by atoms with van der Waals surface area (Å²) >= 11 is 0. The summed E-state index contributed by atoms with van der Waals surface area (Å²) in [4.78, 5) is 11.1. The van der Waals surface area contributed by atoms with Crippen LogP contribution < -0.4 is 9.46 Å². The molecule has 0 aromatic heterocycles. The monoisotopic (exact) mass is 465 g/mol. The molecule has 0 aliphatic carbocycles. The molecule has 0 fully saturated rings. The minimum Gasteiger partial charge on any atom is -0.489 e. The largest absolute Gasteiger partial charge is 0.489 e. The Kier molecular flexibility index (Phi) is 6.45. The van der Waals surface area contributed by atoms with E-state index in [1.165, 1.54) is 48.5 Å². The van der Waals surface area contributed by atoms with Gasteiger partial charge < -0.3 is 9.84 Å². The second-order valence-electron chi connectivity index (χ2n) is 6.90. The van der Waals surface area contributed by atoms with Gasteiger partial charge >= 0.3 is 12.1 Å². The molecule has 0 saturated heterocycles. The molecule has 3 rings (SSSR count). The van der Waals surface area contributed by atoms with Gasteiger partial charge in [0.25, 0.3) is 10.0 Å². The minimum absolute atomic E-state index is 0.0323. The van der Waals surface area contributed by atoms with Crippen molar-refractivity contribution in [1.29, 1.82) is 0 Å². The molecule has 0 unspecified atom stereocenters. The number of ether oxygens (including phenoxy) is 1. The second-order valence-corrected chi connectivity index (χ2v) is 8.58. The van der Waals surface area contributed by atoms with Gasteiger partial charge in [0.05, 0.1) is 16.0 Å². The van der Waals surface area contributed by atoms with Gasteiger partial charge in [0.2, 0.25) is 0 Å². The average molecular weight is 465 g/mol. The fourth-order valence-corrected chi connectivity index (χ4v) is 3.87. The summed E-state index contributed by atoms with van der Waals surface area (Å²) in [6.45, 7) is 1.60. The molecule has 0 bridgehead atoms. The van der Waals surface area contributed by atoms with Crippen molar-refractivity contribution < 1.29 is 36.2 Å². The Morgan fingerprint density at radius 2 is 1.62 bits per heavy atom. The van der Waals surface area contributed by atoms with Crippen molar-refractivity contribution in [3.63, 3.8) is 0 Å². The van der Waals surface area contributed by atoms with Gasteiger partial charge in [-0.2, -0.15) is 13.2 Å². The quantitative estimate of drug-likeness (QED) is 0.507. The Morgan fingerprint density at radius 1 is 1.00 bits per heavy atom. The first-order valence-corrected chi connectivity index (χ1v) is 10.7. The van der Waals surface area contributed by atoms with Crippen molar-refractivity contribution in [3.05, 3.63) is 89.0 Å². The zero-order valence-electron chi connectivity index (χ0n) is 16.7.